The molecule has 186 valence electrons. The molecule has 0 aliphatic heterocycles. The Labute approximate surface area is 201 Å². The number of carbonyl (C=O) groups is 2. The molecule has 2 amide bonds. The summed E-state index contributed by atoms with van der Waals surface area (Å²) in [5, 5.41) is 16.3. The zero-order valence-corrected chi connectivity index (χ0v) is 20.5. The van der Waals surface area contributed by atoms with Crippen LogP contribution in [0.5, 0.6) is 5.75 Å². The Kier molecular flexibility index (Phi) is 10.6. The Hall–Kier alpha value is -3.30. The molecule has 34 heavy (non-hydrogen) atoms. The van der Waals surface area contributed by atoms with Gasteiger partial charge in [-0.2, -0.15) is 0 Å². The van der Waals surface area contributed by atoms with Crippen LogP contribution in [0.1, 0.15) is 44.2 Å². The molecule has 0 saturated carbocycles. The van der Waals surface area contributed by atoms with Crippen molar-refractivity contribution in [1.29, 1.82) is 0 Å². The minimum absolute atomic E-state index is 0.0154. The van der Waals surface area contributed by atoms with Gasteiger partial charge in [0.1, 0.15) is 5.75 Å². The third-order valence-electron chi connectivity index (χ3n) is 5.21. The molecule has 0 spiro atoms. The van der Waals surface area contributed by atoms with Gasteiger partial charge in [0, 0.05) is 19.3 Å². The average molecular weight is 472 g/mol. The number of carbonyl (C=O) groups excluding carboxylic acids is 1. The number of aryl methyl sites for hydroxylation is 1. The summed E-state index contributed by atoms with van der Waals surface area (Å²) in [5.41, 5.74) is 2.79. The number of carboxylic acids is 1. The van der Waals surface area contributed by atoms with Crippen molar-refractivity contribution >= 4 is 17.7 Å². The van der Waals surface area contributed by atoms with E-state index in [0.717, 1.165) is 35.4 Å². The summed E-state index contributed by atoms with van der Waals surface area (Å²) >= 11 is 0. The molecular weight excluding hydrogens is 434 g/mol. The Morgan fingerprint density at radius 3 is 2.32 bits per heavy atom. The lowest BCUT2D eigenvalue weighted by atomic mass is 10.1. The highest BCUT2D eigenvalue weighted by atomic mass is 16.5. The number of benzene rings is 2. The van der Waals surface area contributed by atoms with E-state index in [1.54, 1.807) is 7.05 Å². The number of amides is 2. The number of ether oxygens (including phenoxy) is 1. The normalized spacial score (nSPS) is 12.6. The summed E-state index contributed by atoms with van der Waals surface area (Å²) in [5.74, 6) is 5.93. The Bertz CT molecular complexity index is 903. The topological polar surface area (TPSA) is 120 Å². The van der Waals surface area contributed by atoms with Crippen molar-refractivity contribution in [2.45, 2.75) is 59.0 Å². The smallest absolute Gasteiger partial charge is 0.320 e. The zero-order chi connectivity index (χ0) is 25.1. The number of anilines is 1. The van der Waals surface area contributed by atoms with Crippen molar-refractivity contribution < 1.29 is 19.4 Å². The minimum atomic E-state index is -0.980. The second kappa shape index (κ2) is 13.4. The van der Waals surface area contributed by atoms with E-state index in [1.165, 1.54) is 9.91 Å². The fourth-order valence-corrected chi connectivity index (χ4v) is 3.41. The van der Waals surface area contributed by atoms with E-state index in [4.69, 9.17) is 15.7 Å². The quantitative estimate of drug-likeness (QED) is 0.199. The lowest BCUT2D eigenvalue weighted by Gasteiger charge is -2.36. The van der Waals surface area contributed by atoms with Crippen molar-refractivity contribution in [1.82, 2.24) is 15.2 Å². The van der Waals surface area contributed by atoms with Gasteiger partial charge >= 0.3 is 12.0 Å². The molecule has 2 atom stereocenters. The summed E-state index contributed by atoms with van der Waals surface area (Å²) < 4.78 is 5.91. The number of carboxylic acid groups (broad SMARTS) is 1. The van der Waals surface area contributed by atoms with Crippen molar-refractivity contribution in [2.75, 3.05) is 18.9 Å². The van der Waals surface area contributed by atoms with Crippen LogP contribution in [0.4, 0.5) is 10.5 Å². The molecule has 1 unspecified atom stereocenters. The highest BCUT2D eigenvalue weighted by Gasteiger charge is 2.26. The van der Waals surface area contributed by atoms with Crippen LogP contribution < -0.4 is 21.2 Å². The standard InChI is InChI=1S/C25H37N5O4/c1-5-6-19(3)34-22-13-11-21(12-14-22)28-24(29(4)26)30(25(33)27-16-15-23(31)32)17-20-9-7-18(2)8-10-20/h7-14,19,24,28H,5-6,15-17,26H2,1-4H3,(H,27,33)(H,31,32)/t19-,24?/m0/s1. The van der Waals surface area contributed by atoms with Gasteiger partial charge in [-0.15, -0.1) is 0 Å². The second-order valence-electron chi connectivity index (χ2n) is 8.41. The number of hydrogen-bond acceptors (Lipinski definition) is 6. The lowest BCUT2D eigenvalue weighted by molar-refractivity contribution is -0.136. The molecule has 0 bridgehead atoms. The van der Waals surface area contributed by atoms with E-state index in [1.807, 2.05) is 62.4 Å². The van der Waals surface area contributed by atoms with Gasteiger partial charge in [0.05, 0.1) is 19.1 Å². The number of aliphatic carboxylic acids is 1. The first-order valence-electron chi connectivity index (χ1n) is 11.5. The van der Waals surface area contributed by atoms with E-state index < -0.39 is 18.3 Å². The molecule has 2 aromatic rings. The van der Waals surface area contributed by atoms with Gasteiger partial charge in [-0.05, 0) is 50.1 Å². The first kappa shape index (κ1) is 26.9. The molecule has 2 aromatic carbocycles. The molecule has 5 N–H and O–H groups in total. The molecule has 0 aliphatic carbocycles. The highest BCUT2D eigenvalue weighted by Crippen LogP contribution is 2.20. The van der Waals surface area contributed by atoms with Gasteiger partial charge in [0.15, 0.2) is 6.29 Å². The van der Waals surface area contributed by atoms with Crippen LogP contribution >= 0.6 is 0 Å². The molecule has 0 fully saturated rings. The second-order valence-corrected chi connectivity index (χ2v) is 8.41. The third kappa shape index (κ3) is 8.92. The van der Waals surface area contributed by atoms with E-state index in [0.29, 0.717) is 0 Å². The van der Waals surface area contributed by atoms with Gasteiger partial charge in [-0.1, -0.05) is 43.2 Å². The van der Waals surface area contributed by atoms with Gasteiger partial charge < -0.3 is 20.5 Å². The van der Waals surface area contributed by atoms with Crippen molar-refractivity contribution in [3.63, 3.8) is 0 Å². The first-order valence-corrected chi connectivity index (χ1v) is 11.5. The summed E-state index contributed by atoms with van der Waals surface area (Å²) in [6.07, 6.45) is 1.29. The largest absolute Gasteiger partial charge is 0.491 e. The van der Waals surface area contributed by atoms with Gasteiger partial charge in [-0.3, -0.25) is 15.5 Å². The summed E-state index contributed by atoms with van der Waals surface area (Å²) in [6, 6.07) is 14.9. The van der Waals surface area contributed by atoms with E-state index >= 15 is 0 Å². The van der Waals surface area contributed by atoms with Gasteiger partial charge in [-0.25, -0.2) is 9.80 Å². The molecular formula is C25H37N5O4. The number of rotatable bonds is 13. The number of hydrogen-bond donors (Lipinski definition) is 4. The molecule has 2 rings (SSSR count). The summed E-state index contributed by atoms with van der Waals surface area (Å²) in [7, 11) is 1.66. The molecule has 0 aliphatic rings. The predicted octanol–water partition coefficient (Wildman–Crippen LogP) is 3.75. The third-order valence-corrected chi connectivity index (χ3v) is 5.21. The van der Waals surface area contributed by atoms with E-state index in [-0.39, 0.29) is 25.6 Å². The number of nitrogens with zero attached hydrogens (tertiary/aromatic N) is 2. The first-order chi connectivity index (χ1) is 16.2. The predicted molar refractivity (Wildman–Crippen MR) is 133 cm³/mol. The number of hydrazine groups is 1. The molecule has 0 aromatic heterocycles. The van der Waals surface area contributed by atoms with Crippen molar-refractivity contribution in [2.24, 2.45) is 5.84 Å². The fourth-order valence-electron chi connectivity index (χ4n) is 3.41. The fraction of sp³-hybridized carbons (Fsp3) is 0.440. The molecule has 9 nitrogen and oxygen atoms in total. The SMILES string of the molecule is CCC[C@H](C)Oc1ccc(NC(N(C)N)N(Cc2ccc(C)cc2)C(=O)NCCC(=O)O)cc1. The lowest BCUT2D eigenvalue weighted by Crippen LogP contribution is -2.58. The monoisotopic (exact) mass is 471 g/mol. The highest BCUT2D eigenvalue weighted by molar-refractivity contribution is 5.76. The average Bonchev–Trinajstić information content (AvgIpc) is 2.78. The maximum absolute atomic E-state index is 13.0. The van der Waals surface area contributed by atoms with Crippen LogP contribution in [0, 0.1) is 6.92 Å². The Morgan fingerprint density at radius 1 is 1.12 bits per heavy atom. The van der Waals surface area contributed by atoms with Crippen LogP contribution in [0.15, 0.2) is 48.5 Å². The van der Waals surface area contributed by atoms with Crippen LogP contribution in [0.3, 0.4) is 0 Å². The number of urea groups is 1. The van der Waals surface area contributed by atoms with Crippen molar-refractivity contribution in [3.8, 4) is 5.75 Å². The summed E-state index contributed by atoms with van der Waals surface area (Å²) in [6.45, 7) is 6.45. The van der Waals surface area contributed by atoms with Gasteiger partial charge in [0.25, 0.3) is 0 Å². The van der Waals surface area contributed by atoms with E-state index in [2.05, 4.69) is 17.6 Å². The molecule has 0 heterocycles. The van der Waals surface area contributed by atoms with Crippen LogP contribution in [-0.2, 0) is 11.3 Å². The minimum Gasteiger partial charge on any atom is -0.491 e. The Morgan fingerprint density at radius 2 is 1.76 bits per heavy atom. The maximum atomic E-state index is 13.0. The molecule has 9 heteroatoms. The van der Waals surface area contributed by atoms with Gasteiger partial charge in [0.2, 0.25) is 0 Å². The van der Waals surface area contributed by atoms with Crippen LogP contribution in [0.25, 0.3) is 0 Å². The molecule has 0 radical (unpaired) electrons. The van der Waals surface area contributed by atoms with Crippen LogP contribution in [0.2, 0.25) is 0 Å². The summed E-state index contributed by atoms with van der Waals surface area (Å²) in [4.78, 5) is 25.4. The Balaban J connectivity index is 2.20. The zero-order valence-electron chi connectivity index (χ0n) is 20.5. The van der Waals surface area contributed by atoms with Crippen molar-refractivity contribution in [3.05, 3.63) is 59.7 Å². The number of nitrogens with two attached hydrogens (primary N) is 1. The maximum Gasteiger partial charge on any atom is 0.320 e. The van der Waals surface area contributed by atoms with E-state index in [9.17, 15) is 9.59 Å². The van der Waals surface area contributed by atoms with Crippen LogP contribution in [-0.4, -0.2) is 53.0 Å². The number of nitrogens with one attached hydrogen (secondary N) is 2. The molecule has 0 saturated heterocycles.